The van der Waals surface area contributed by atoms with Gasteiger partial charge in [-0.2, -0.15) is 0 Å². The largest absolute Gasteiger partial charge is 0.495 e. The minimum absolute atomic E-state index is 0.0416. The van der Waals surface area contributed by atoms with E-state index in [-0.39, 0.29) is 36.5 Å². The first-order valence-electron chi connectivity index (χ1n) is 14.3. The fourth-order valence-electron chi connectivity index (χ4n) is 5.67. The Hall–Kier alpha value is -3.39. The summed E-state index contributed by atoms with van der Waals surface area (Å²) in [5.74, 6) is -0.235. The Kier molecular flexibility index (Phi) is 9.74. The molecule has 2 aromatic rings. The number of halogens is 1. The average molecular weight is 582 g/mol. The second kappa shape index (κ2) is 13.1. The van der Waals surface area contributed by atoms with Crippen LogP contribution in [-0.2, 0) is 32.2 Å². The average Bonchev–Trinajstić information content (AvgIpc) is 3.27. The van der Waals surface area contributed by atoms with Crippen LogP contribution in [0.15, 0.2) is 65.5 Å². The number of nitrogens with one attached hydrogen (secondary N) is 1. The monoisotopic (exact) mass is 581 g/mol. The van der Waals surface area contributed by atoms with E-state index in [1.807, 2.05) is 13.0 Å². The van der Waals surface area contributed by atoms with E-state index < -0.39 is 21.6 Å². The first kappa shape index (κ1) is 30.6. The Bertz CT molecular complexity index is 1510. The van der Waals surface area contributed by atoms with Crippen molar-refractivity contribution in [3.8, 4) is 0 Å². The third-order valence-electron chi connectivity index (χ3n) is 7.95. The van der Waals surface area contributed by atoms with E-state index in [1.54, 1.807) is 13.0 Å². The standard InChI is InChI=1S/C33H40FNO5S/c1-5-41(38,39)18-17-23(4)40-26-13-9-21(2)33(22(3)19-26)29-8-6-7-28-27(29)14-15-31(28)35-25-12-10-24(30(34)20-25)11-16-32(36)37/h6-10,12,19-20,23,31,35H,5,11,13-18H2,1-4H3,(H,36,37). The van der Waals surface area contributed by atoms with E-state index in [0.29, 0.717) is 24.1 Å². The van der Waals surface area contributed by atoms with Crippen LogP contribution in [-0.4, -0.2) is 37.1 Å². The topological polar surface area (TPSA) is 92.7 Å². The fraction of sp³-hybridized carbons (Fsp3) is 0.424. The van der Waals surface area contributed by atoms with E-state index in [1.165, 1.54) is 33.9 Å². The number of allylic oxidation sites excluding steroid dienone is 5. The van der Waals surface area contributed by atoms with Crippen molar-refractivity contribution in [2.75, 3.05) is 16.8 Å². The van der Waals surface area contributed by atoms with Crippen molar-refractivity contribution in [3.63, 3.8) is 0 Å². The molecule has 0 amide bonds. The summed E-state index contributed by atoms with van der Waals surface area (Å²) in [4.78, 5) is 10.9. The number of anilines is 1. The van der Waals surface area contributed by atoms with Gasteiger partial charge in [-0.15, -0.1) is 0 Å². The highest BCUT2D eigenvalue weighted by atomic mass is 32.2. The summed E-state index contributed by atoms with van der Waals surface area (Å²) in [6.45, 7) is 7.79. The van der Waals surface area contributed by atoms with Crippen LogP contribution < -0.4 is 5.32 Å². The molecule has 2 aliphatic carbocycles. The number of carboxylic acids is 1. The molecule has 0 spiro atoms. The number of benzene rings is 2. The molecule has 4 rings (SSSR count). The summed E-state index contributed by atoms with van der Waals surface area (Å²) in [7, 11) is -3.03. The van der Waals surface area contributed by atoms with Crippen LogP contribution in [0.25, 0.3) is 5.57 Å². The van der Waals surface area contributed by atoms with Gasteiger partial charge in [0.05, 0.1) is 17.9 Å². The lowest BCUT2D eigenvalue weighted by Crippen LogP contribution is -2.16. The van der Waals surface area contributed by atoms with Crippen LogP contribution in [0.2, 0.25) is 0 Å². The van der Waals surface area contributed by atoms with Gasteiger partial charge in [0.1, 0.15) is 21.4 Å². The van der Waals surface area contributed by atoms with Gasteiger partial charge < -0.3 is 15.2 Å². The van der Waals surface area contributed by atoms with Gasteiger partial charge in [-0.25, -0.2) is 12.8 Å². The SMILES string of the molecule is CCS(=O)(=O)CCC(C)OC1=CC(C)=C(c2cccc3c2CCC3Nc2ccc(CCC(=O)O)c(F)c2)C(C)=CC1. The molecule has 0 saturated carbocycles. The molecule has 0 fully saturated rings. The molecule has 2 atom stereocenters. The number of ether oxygens (including phenoxy) is 1. The predicted octanol–water partition coefficient (Wildman–Crippen LogP) is 7.18. The Labute approximate surface area is 242 Å². The molecular formula is C33H40FNO5S. The Morgan fingerprint density at radius 1 is 1.22 bits per heavy atom. The summed E-state index contributed by atoms with van der Waals surface area (Å²) < 4.78 is 44.6. The lowest BCUT2D eigenvalue weighted by Gasteiger charge is -2.19. The summed E-state index contributed by atoms with van der Waals surface area (Å²) in [6.07, 6.45) is 6.99. The molecule has 2 aliphatic rings. The molecule has 41 heavy (non-hydrogen) atoms. The summed E-state index contributed by atoms with van der Waals surface area (Å²) >= 11 is 0. The van der Waals surface area contributed by atoms with Crippen LogP contribution in [0.5, 0.6) is 0 Å². The van der Waals surface area contributed by atoms with Gasteiger partial charge >= 0.3 is 5.97 Å². The smallest absolute Gasteiger partial charge is 0.303 e. The maximum Gasteiger partial charge on any atom is 0.303 e. The molecule has 220 valence electrons. The van der Waals surface area contributed by atoms with Crippen LogP contribution in [0.4, 0.5) is 10.1 Å². The molecule has 0 aromatic heterocycles. The summed E-state index contributed by atoms with van der Waals surface area (Å²) in [6, 6.07) is 11.3. The normalized spacial score (nSPS) is 17.8. The Morgan fingerprint density at radius 3 is 2.71 bits per heavy atom. The van der Waals surface area contributed by atoms with Gasteiger partial charge in [0, 0.05) is 24.3 Å². The van der Waals surface area contributed by atoms with Gasteiger partial charge in [0.25, 0.3) is 0 Å². The first-order valence-corrected chi connectivity index (χ1v) is 16.1. The molecule has 0 heterocycles. The highest BCUT2D eigenvalue weighted by molar-refractivity contribution is 7.91. The number of sulfone groups is 1. The van der Waals surface area contributed by atoms with Gasteiger partial charge in [-0.3, -0.25) is 4.79 Å². The number of aliphatic carboxylic acids is 1. The van der Waals surface area contributed by atoms with E-state index in [0.717, 1.165) is 24.2 Å². The lowest BCUT2D eigenvalue weighted by molar-refractivity contribution is -0.136. The third-order valence-corrected chi connectivity index (χ3v) is 9.68. The number of hydrogen-bond donors (Lipinski definition) is 2. The van der Waals surface area contributed by atoms with Crippen molar-refractivity contribution in [3.05, 3.63) is 93.5 Å². The number of carboxylic acid groups (broad SMARTS) is 1. The van der Waals surface area contributed by atoms with E-state index in [9.17, 15) is 17.6 Å². The van der Waals surface area contributed by atoms with E-state index in [4.69, 9.17) is 9.84 Å². The number of carbonyl (C=O) groups is 1. The lowest BCUT2D eigenvalue weighted by atomic mass is 9.89. The molecule has 0 bridgehead atoms. The number of hydrogen-bond acceptors (Lipinski definition) is 5. The maximum atomic E-state index is 14.6. The minimum atomic E-state index is -3.03. The van der Waals surface area contributed by atoms with Gasteiger partial charge in [0.15, 0.2) is 0 Å². The molecule has 2 N–H and O–H groups in total. The van der Waals surface area contributed by atoms with Crippen LogP contribution in [0.1, 0.15) is 81.7 Å². The highest BCUT2D eigenvalue weighted by Crippen LogP contribution is 2.41. The maximum absolute atomic E-state index is 14.6. The molecule has 0 saturated heterocycles. The van der Waals surface area contributed by atoms with Crippen LogP contribution in [0, 0.1) is 5.82 Å². The van der Waals surface area contributed by atoms with Crippen molar-refractivity contribution in [2.45, 2.75) is 78.4 Å². The third kappa shape index (κ3) is 7.67. The second-order valence-corrected chi connectivity index (χ2v) is 13.5. The van der Waals surface area contributed by atoms with Crippen molar-refractivity contribution in [2.24, 2.45) is 0 Å². The Balaban J connectivity index is 1.53. The highest BCUT2D eigenvalue weighted by Gasteiger charge is 2.27. The van der Waals surface area contributed by atoms with E-state index in [2.05, 4.69) is 49.5 Å². The Morgan fingerprint density at radius 2 is 2.00 bits per heavy atom. The molecule has 0 aliphatic heterocycles. The van der Waals surface area contributed by atoms with Gasteiger partial charge in [-0.05, 0) is 104 Å². The molecule has 6 nitrogen and oxygen atoms in total. The molecular weight excluding hydrogens is 541 g/mol. The summed E-state index contributed by atoms with van der Waals surface area (Å²) in [5, 5.41) is 12.4. The van der Waals surface area contributed by atoms with Crippen LogP contribution >= 0.6 is 0 Å². The number of aryl methyl sites for hydroxylation is 1. The zero-order valence-corrected chi connectivity index (χ0v) is 25.1. The summed E-state index contributed by atoms with van der Waals surface area (Å²) in [5.41, 5.74) is 8.19. The quantitative estimate of drug-likeness (QED) is 0.276. The van der Waals surface area contributed by atoms with E-state index >= 15 is 0 Å². The predicted molar refractivity (Wildman–Crippen MR) is 162 cm³/mol. The zero-order valence-electron chi connectivity index (χ0n) is 24.3. The van der Waals surface area contributed by atoms with Crippen molar-refractivity contribution in [1.82, 2.24) is 0 Å². The van der Waals surface area contributed by atoms with Gasteiger partial charge in [0.2, 0.25) is 0 Å². The van der Waals surface area contributed by atoms with Crippen molar-refractivity contribution in [1.29, 1.82) is 0 Å². The zero-order chi connectivity index (χ0) is 29.7. The number of rotatable bonds is 12. The van der Waals surface area contributed by atoms with Gasteiger partial charge in [-0.1, -0.05) is 37.3 Å². The molecule has 2 aromatic carbocycles. The second-order valence-electron chi connectivity index (χ2n) is 11.0. The first-order chi connectivity index (χ1) is 19.5. The van der Waals surface area contributed by atoms with Crippen molar-refractivity contribution >= 4 is 27.1 Å². The fourth-order valence-corrected chi connectivity index (χ4v) is 6.65. The minimum Gasteiger partial charge on any atom is -0.495 e. The van der Waals surface area contributed by atoms with Crippen LogP contribution in [0.3, 0.4) is 0 Å². The number of fused-ring (bicyclic) bond motifs is 1. The molecule has 2 unspecified atom stereocenters. The molecule has 0 radical (unpaired) electrons. The van der Waals surface area contributed by atoms with Crippen molar-refractivity contribution < 1.29 is 27.4 Å². The molecule has 8 heteroatoms.